The van der Waals surface area contributed by atoms with Crippen molar-refractivity contribution >= 4 is 11.9 Å². The normalized spacial score (nSPS) is 18.2. The van der Waals surface area contributed by atoms with E-state index >= 15 is 0 Å². The van der Waals surface area contributed by atoms with Gasteiger partial charge in [0.2, 0.25) is 0 Å². The van der Waals surface area contributed by atoms with Crippen LogP contribution in [-0.2, 0) is 0 Å². The maximum Gasteiger partial charge on any atom is 0.338 e. The lowest BCUT2D eigenvalue weighted by Crippen LogP contribution is -2.39. The van der Waals surface area contributed by atoms with Gasteiger partial charge in [0, 0.05) is 19.2 Å². The number of amides is 1. The smallest absolute Gasteiger partial charge is 0.338 e. The molecule has 0 bridgehead atoms. The Morgan fingerprint density at radius 1 is 1.50 bits per heavy atom. The molecule has 18 heavy (non-hydrogen) atoms. The Morgan fingerprint density at radius 3 is 2.56 bits per heavy atom. The second kappa shape index (κ2) is 4.15. The average Bonchev–Trinajstić information content (AvgIpc) is 2.91. The van der Waals surface area contributed by atoms with E-state index in [1.54, 1.807) is 11.9 Å². The summed E-state index contributed by atoms with van der Waals surface area (Å²) in [5.74, 6) is -1.29. The lowest BCUT2D eigenvalue weighted by Gasteiger charge is -2.29. The summed E-state index contributed by atoms with van der Waals surface area (Å²) in [5.41, 5.74) is 0.184. The summed E-state index contributed by atoms with van der Waals surface area (Å²) < 4.78 is 5.02. The van der Waals surface area contributed by atoms with Gasteiger partial charge in [-0.1, -0.05) is 6.92 Å². The van der Waals surface area contributed by atoms with E-state index in [0.717, 1.165) is 19.1 Å². The van der Waals surface area contributed by atoms with E-state index in [-0.39, 0.29) is 28.7 Å². The summed E-state index contributed by atoms with van der Waals surface area (Å²) in [6, 6.07) is 1.38. The van der Waals surface area contributed by atoms with Crippen molar-refractivity contribution in [3.05, 3.63) is 23.7 Å². The first-order valence-electron chi connectivity index (χ1n) is 5.94. The Kier molecular flexibility index (Phi) is 2.92. The highest BCUT2D eigenvalue weighted by atomic mass is 16.4. The van der Waals surface area contributed by atoms with Gasteiger partial charge in [-0.05, 0) is 25.2 Å². The Balaban J connectivity index is 2.12. The molecule has 5 nitrogen and oxygen atoms in total. The first kappa shape index (κ1) is 12.7. The fraction of sp³-hybridized carbons (Fsp3) is 0.538. The largest absolute Gasteiger partial charge is 0.478 e. The maximum atomic E-state index is 12.1. The fourth-order valence-corrected chi connectivity index (χ4v) is 1.99. The molecule has 1 aromatic heterocycles. The molecule has 0 aromatic carbocycles. The standard InChI is InChI=1S/C13H17NO4/c1-8(13(2)4-5-13)14(3)11(15)10-6-9(7-18-10)12(16)17/h6-8H,4-5H2,1-3H3,(H,16,17). The molecule has 1 aliphatic rings. The lowest BCUT2D eigenvalue weighted by molar-refractivity contribution is 0.0651. The Bertz CT molecular complexity index is 487. The van der Waals surface area contributed by atoms with Crippen LogP contribution >= 0.6 is 0 Å². The van der Waals surface area contributed by atoms with Crippen LogP contribution in [0.15, 0.2) is 16.7 Å². The zero-order valence-electron chi connectivity index (χ0n) is 10.8. The molecule has 98 valence electrons. The molecule has 1 unspecified atom stereocenters. The molecule has 1 fully saturated rings. The number of nitrogens with zero attached hydrogens (tertiary/aromatic N) is 1. The van der Waals surface area contributed by atoms with Gasteiger partial charge in [-0.2, -0.15) is 0 Å². The van der Waals surface area contributed by atoms with E-state index in [1.807, 2.05) is 6.92 Å². The van der Waals surface area contributed by atoms with Crippen LogP contribution in [0.5, 0.6) is 0 Å². The summed E-state index contributed by atoms with van der Waals surface area (Å²) >= 11 is 0. The molecule has 5 heteroatoms. The quantitative estimate of drug-likeness (QED) is 0.890. The number of carbonyl (C=O) groups excluding carboxylic acids is 1. The highest BCUT2D eigenvalue weighted by molar-refractivity contribution is 5.95. The fourth-order valence-electron chi connectivity index (χ4n) is 1.99. The number of hydrogen-bond donors (Lipinski definition) is 1. The van der Waals surface area contributed by atoms with Crippen molar-refractivity contribution in [2.75, 3.05) is 7.05 Å². The van der Waals surface area contributed by atoms with E-state index in [9.17, 15) is 9.59 Å². The summed E-state index contributed by atoms with van der Waals surface area (Å²) in [7, 11) is 1.72. The van der Waals surface area contributed by atoms with E-state index in [2.05, 4.69) is 6.92 Å². The Labute approximate surface area is 105 Å². The molecule has 1 saturated carbocycles. The Morgan fingerprint density at radius 2 is 2.11 bits per heavy atom. The monoisotopic (exact) mass is 251 g/mol. The maximum absolute atomic E-state index is 12.1. The van der Waals surface area contributed by atoms with Gasteiger partial charge in [0.25, 0.3) is 5.91 Å². The molecule has 1 aliphatic carbocycles. The first-order chi connectivity index (χ1) is 8.35. The SMILES string of the molecule is CC(N(C)C(=O)c1cc(C(=O)O)co1)C1(C)CC1. The number of carbonyl (C=O) groups is 2. The van der Waals surface area contributed by atoms with Gasteiger partial charge < -0.3 is 14.4 Å². The van der Waals surface area contributed by atoms with Gasteiger partial charge in [0.1, 0.15) is 6.26 Å². The predicted octanol–water partition coefficient (Wildman–Crippen LogP) is 2.24. The molecule has 0 saturated heterocycles. The number of hydrogen-bond acceptors (Lipinski definition) is 3. The van der Waals surface area contributed by atoms with E-state index in [4.69, 9.17) is 9.52 Å². The van der Waals surface area contributed by atoms with E-state index in [1.165, 1.54) is 6.07 Å². The number of aromatic carboxylic acids is 1. The van der Waals surface area contributed by atoms with Gasteiger partial charge in [-0.3, -0.25) is 4.79 Å². The van der Waals surface area contributed by atoms with Crippen LogP contribution < -0.4 is 0 Å². The van der Waals surface area contributed by atoms with Crippen molar-refractivity contribution in [2.45, 2.75) is 32.7 Å². The highest BCUT2D eigenvalue weighted by Crippen LogP contribution is 2.49. The van der Waals surface area contributed by atoms with Crippen molar-refractivity contribution in [1.29, 1.82) is 0 Å². The first-order valence-corrected chi connectivity index (χ1v) is 5.94. The molecule has 1 heterocycles. The topological polar surface area (TPSA) is 70.8 Å². The number of carboxylic acid groups (broad SMARTS) is 1. The minimum Gasteiger partial charge on any atom is -0.478 e. The molecule has 1 aromatic rings. The minimum atomic E-state index is -1.09. The van der Waals surface area contributed by atoms with Gasteiger partial charge in [-0.15, -0.1) is 0 Å². The second-order valence-electron chi connectivity index (χ2n) is 5.25. The summed E-state index contributed by atoms with van der Waals surface area (Å²) in [6.07, 6.45) is 3.32. The van der Waals surface area contributed by atoms with Crippen molar-refractivity contribution in [2.24, 2.45) is 5.41 Å². The molecular formula is C13H17NO4. The third-order valence-electron chi connectivity index (χ3n) is 4.01. The third kappa shape index (κ3) is 2.12. The van der Waals surface area contributed by atoms with Crippen molar-refractivity contribution in [1.82, 2.24) is 4.90 Å². The van der Waals surface area contributed by atoms with Crippen LogP contribution in [0.3, 0.4) is 0 Å². The van der Waals surface area contributed by atoms with Crippen molar-refractivity contribution in [3.63, 3.8) is 0 Å². The van der Waals surface area contributed by atoms with Crippen LogP contribution in [0, 0.1) is 5.41 Å². The van der Waals surface area contributed by atoms with Crippen molar-refractivity contribution < 1.29 is 19.1 Å². The average molecular weight is 251 g/mol. The van der Waals surface area contributed by atoms with Crippen LogP contribution in [-0.4, -0.2) is 35.0 Å². The summed E-state index contributed by atoms with van der Waals surface area (Å²) in [4.78, 5) is 24.5. The van der Waals surface area contributed by atoms with Crippen LogP contribution in [0.4, 0.5) is 0 Å². The second-order valence-corrected chi connectivity index (χ2v) is 5.25. The van der Waals surface area contributed by atoms with Gasteiger partial charge in [-0.25, -0.2) is 4.79 Å². The number of furan rings is 1. The summed E-state index contributed by atoms with van der Waals surface area (Å²) in [5, 5.41) is 8.78. The number of carboxylic acids is 1. The predicted molar refractivity (Wildman–Crippen MR) is 64.6 cm³/mol. The van der Waals surface area contributed by atoms with Crippen LogP contribution in [0.2, 0.25) is 0 Å². The van der Waals surface area contributed by atoms with E-state index in [0.29, 0.717) is 0 Å². The summed E-state index contributed by atoms with van der Waals surface area (Å²) in [6.45, 7) is 4.15. The van der Waals surface area contributed by atoms with Crippen LogP contribution in [0.1, 0.15) is 47.6 Å². The van der Waals surface area contributed by atoms with Gasteiger partial charge in [0.15, 0.2) is 5.76 Å². The zero-order chi connectivity index (χ0) is 13.5. The number of rotatable bonds is 4. The molecule has 0 radical (unpaired) electrons. The molecule has 1 N–H and O–H groups in total. The Hall–Kier alpha value is -1.78. The lowest BCUT2D eigenvalue weighted by atomic mass is 9.99. The molecular weight excluding hydrogens is 234 g/mol. The van der Waals surface area contributed by atoms with Gasteiger partial charge >= 0.3 is 5.97 Å². The van der Waals surface area contributed by atoms with Gasteiger partial charge in [0.05, 0.1) is 5.56 Å². The molecule has 2 rings (SSSR count). The molecule has 1 atom stereocenters. The molecule has 0 spiro atoms. The zero-order valence-corrected chi connectivity index (χ0v) is 10.8. The third-order valence-corrected chi connectivity index (χ3v) is 4.01. The highest BCUT2D eigenvalue weighted by Gasteiger charge is 2.45. The molecule has 1 amide bonds. The minimum absolute atomic E-state index is 0.00274. The van der Waals surface area contributed by atoms with E-state index < -0.39 is 5.97 Å². The van der Waals surface area contributed by atoms with Crippen molar-refractivity contribution in [3.8, 4) is 0 Å². The molecule has 0 aliphatic heterocycles. The van der Waals surface area contributed by atoms with Crippen LogP contribution in [0.25, 0.3) is 0 Å².